The van der Waals surface area contributed by atoms with E-state index >= 15 is 0 Å². The van der Waals surface area contributed by atoms with Crippen LogP contribution in [0.4, 0.5) is 4.79 Å². The molecule has 0 aromatic rings. The summed E-state index contributed by atoms with van der Waals surface area (Å²) in [7, 11) is 0. The number of rotatable bonds is 3. The predicted octanol–water partition coefficient (Wildman–Crippen LogP) is 1.34. The van der Waals surface area contributed by atoms with Crippen molar-refractivity contribution in [2.24, 2.45) is 11.1 Å². The first-order valence-electron chi connectivity index (χ1n) is 6.47. The molecule has 0 bridgehead atoms. The van der Waals surface area contributed by atoms with Crippen molar-refractivity contribution in [1.29, 1.82) is 0 Å². The molecule has 1 atom stereocenters. The maximum absolute atomic E-state index is 11.8. The van der Waals surface area contributed by atoms with E-state index in [0.717, 1.165) is 6.42 Å². The standard InChI is InChI=1S/C13H26N2O3/c1-6-12(5,7-14)13(17)8-15(9-13)10(16)18-11(2,3)4/h17H,6-9,14H2,1-5H3. The molecule has 0 saturated carbocycles. The number of aliphatic hydroxyl groups is 1. The van der Waals surface area contributed by atoms with E-state index in [9.17, 15) is 9.90 Å². The van der Waals surface area contributed by atoms with Gasteiger partial charge in [0, 0.05) is 12.0 Å². The summed E-state index contributed by atoms with van der Waals surface area (Å²) < 4.78 is 5.26. The molecule has 1 unspecified atom stereocenters. The topological polar surface area (TPSA) is 75.8 Å². The minimum Gasteiger partial charge on any atom is -0.444 e. The van der Waals surface area contributed by atoms with E-state index < -0.39 is 11.2 Å². The summed E-state index contributed by atoms with van der Waals surface area (Å²) in [6.07, 6.45) is 0.407. The quantitative estimate of drug-likeness (QED) is 0.801. The molecule has 1 rings (SSSR count). The first-order valence-corrected chi connectivity index (χ1v) is 6.47. The van der Waals surface area contributed by atoms with Gasteiger partial charge < -0.3 is 20.5 Å². The molecule has 0 radical (unpaired) electrons. The van der Waals surface area contributed by atoms with Gasteiger partial charge >= 0.3 is 6.09 Å². The molecule has 5 nitrogen and oxygen atoms in total. The van der Waals surface area contributed by atoms with Gasteiger partial charge in [-0.25, -0.2) is 4.79 Å². The Morgan fingerprint density at radius 3 is 2.22 bits per heavy atom. The SMILES string of the molecule is CCC(C)(CN)C1(O)CN(C(=O)OC(C)(C)C)C1. The molecular weight excluding hydrogens is 232 g/mol. The van der Waals surface area contributed by atoms with Crippen LogP contribution < -0.4 is 5.73 Å². The molecule has 0 aliphatic carbocycles. The number of hydrogen-bond donors (Lipinski definition) is 2. The summed E-state index contributed by atoms with van der Waals surface area (Å²) in [6, 6.07) is 0. The average Bonchev–Trinajstić information content (AvgIpc) is 2.20. The zero-order chi connectivity index (χ0) is 14.2. The Morgan fingerprint density at radius 1 is 1.39 bits per heavy atom. The minimum absolute atomic E-state index is 0.295. The van der Waals surface area contributed by atoms with Crippen molar-refractivity contribution >= 4 is 6.09 Å². The number of nitrogens with two attached hydrogens (primary N) is 1. The first-order chi connectivity index (χ1) is 8.07. The van der Waals surface area contributed by atoms with Crippen LogP contribution in [0.1, 0.15) is 41.0 Å². The van der Waals surface area contributed by atoms with Crippen molar-refractivity contribution in [2.75, 3.05) is 19.6 Å². The van der Waals surface area contributed by atoms with Gasteiger partial charge in [-0.3, -0.25) is 0 Å². The van der Waals surface area contributed by atoms with Crippen LogP contribution in [0.15, 0.2) is 0 Å². The second kappa shape index (κ2) is 4.70. The van der Waals surface area contributed by atoms with Gasteiger partial charge in [0.15, 0.2) is 0 Å². The van der Waals surface area contributed by atoms with Gasteiger partial charge in [-0.05, 0) is 27.2 Å². The summed E-state index contributed by atoms with van der Waals surface area (Å²) in [5.41, 5.74) is 3.98. The van der Waals surface area contributed by atoms with Crippen LogP contribution in [0.3, 0.4) is 0 Å². The Hall–Kier alpha value is -0.810. The van der Waals surface area contributed by atoms with Crippen LogP contribution in [0, 0.1) is 5.41 Å². The minimum atomic E-state index is -0.895. The summed E-state index contributed by atoms with van der Waals surface area (Å²) in [5.74, 6) is 0. The third-order valence-corrected chi connectivity index (χ3v) is 3.91. The molecule has 3 N–H and O–H groups in total. The number of carbonyl (C=O) groups is 1. The second-order valence-corrected chi connectivity index (χ2v) is 6.49. The molecule has 0 spiro atoms. The van der Waals surface area contributed by atoms with Crippen molar-refractivity contribution in [2.45, 2.75) is 52.2 Å². The number of amides is 1. The molecule has 0 aromatic carbocycles. The third-order valence-electron chi connectivity index (χ3n) is 3.91. The molecule has 18 heavy (non-hydrogen) atoms. The zero-order valence-corrected chi connectivity index (χ0v) is 12.1. The van der Waals surface area contributed by atoms with Gasteiger partial charge in [-0.2, -0.15) is 0 Å². The Morgan fingerprint density at radius 2 is 1.89 bits per heavy atom. The lowest BCUT2D eigenvalue weighted by Gasteiger charge is -2.55. The van der Waals surface area contributed by atoms with Crippen LogP contribution in [-0.4, -0.2) is 46.9 Å². The molecule has 1 aliphatic rings. The summed E-state index contributed by atoms with van der Waals surface area (Å²) in [4.78, 5) is 13.3. The molecule has 0 aromatic heterocycles. The Balaban J connectivity index is 2.60. The Bertz CT molecular complexity index is 313. The van der Waals surface area contributed by atoms with E-state index in [0.29, 0.717) is 19.6 Å². The highest BCUT2D eigenvalue weighted by Crippen LogP contribution is 2.40. The fourth-order valence-electron chi connectivity index (χ4n) is 2.09. The normalized spacial score (nSPS) is 22.1. The Kier molecular flexibility index (Phi) is 3.98. The fourth-order valence-corrected chi connectivity index (χ4v) is 2.09. The molecule has 5 heteroatoms. The highest BCUT2D eigenvalue weighted by molar-refractivity contribution is 5.69. The molecular formula is C13H26N2O3. The lowest BCUT2D eigenvalue weighted by Crippen LogP contribution is -2.71. The van der Waals surface area contributed by atoms with Crippen LogP contribution in [0.5, 0.6) is 0 Å². The smallest absolute Gasteiger partial charge is 0.410 e. The third kappa shape index (κ3) is 2.78. The maximum Gasteiger partial charge on any atom is 0.410 e. The number of hydrogen-bond acceptors (Lipinski definition) is 4. The van der Waals surface area contributed by atoms with Crippen molar-refractivity contribution in [3.05, 3.63) is 0 Å². The monoisotopic (exact) mass is 258 g/mol. The van der Waals surface area contributed by atoms with Crippen LogP contribution >= 0.6 is 0 Å². The van der Waals surface area contributed by atoms with Crippen LogP contribution in [0.25, 0.3) is 0 Å². The zero-order valence-electron chi connectivity index (χ0n) is 12.1. The molecule has 1 heterocycles. The van der Waals surface area contributed by atoms with Crippen molar-refractivity contribution < 1.29 is 14.6 Å². The first kappa shape index (κ1) is 15.2. The molecule has 1 saturated heterocycles. The number of nitrogens with zero attached hydrogens (tertiary/aromatic N) is 1. The van der Waals surface area contributed by atoms with E-state index in [-0.39, 0.29) is 11.5 Å². The van der Waals surface area contributed by atoms with Crippen molar-refractivity contribution in [1.82, 2.24) is 4.90 Å². The van der Waals surface area contributed by atoms with E-state index in [2.05, 4.69) is 0 Å². The summed E-state index contributed by atoms with van der Waals surface area (Å²) in [5, 5.41) is 10.5. The van der Waals surface area contributed by atoms with Gasteiger partial charge in [0.2, 0.25) is 0 Å². The lowest BCUT2D eigenvalue weighted by atomic mass is 9.67. The number of carbonyl (C=O) groups excluding carboxylic acids is 1. The number of ether oxygens (including phenoxy) is 1. The second-order valence-electron chi connectivity index (χ2n) is 6.49. The number of likely N-dealkylation sites (tertiary alicyclic amines) is 1. The lowest BCUT2D eigenvalue weighted by molar-refractivity contribution is -0.166. The largest absolute Gasteiger partial charge is 0.444 e. The van der Waals surface area contributed by atoms with Gasteiger partial charge in [0.1, 0.15) is 11.2 Å². The highest BCUT2D eigenvalue weighted by Gasteiger charge is 2.55. The maximum atomic E-state index is 11.8. The molecule has 1 fully saturated rings. The summed E-state index contributed by atoms with van der Waals surface area (Å²) in [6.45, 7) is 10.4. The Labute approximate surface area is 109 Å². The highest BCUT2D eigenvalue weighted by atomic mass is 16.6. The van der Waals surface area contributed by atoms with Gasteiger partial charge in [-0.1, -0.05) is 13.8 Å². The fraction of sp³-hybridized carbons (Fsp3) is 0.923. The van der Waals surface area contributed by atoms with Crippen molar-refractivity contribution in [3.8, 4) is 0 Å². The van der Waals surface area contributed by atoms with Gasteiger partial charge in [0.05, 0.1) is 13.1 Å². The average molecular weight is 258 g/mol. The van der Waals surface area contributed by atoms with Crippen LogP contribution in [-0.2, 0) is 4.74 Å². The predicted molar refractivity (Wildman–Crippen MR) is 70.2 cm³/mol. The van der Waals surface area contributed by atoms with E-state index in [1.807, 2.05) is 34.6 Å². The summed E-state index contributed by atoms with van der Waals surface area (Å²) >= 11 is 0. The molecule has 1 aliphatic heterocycles. The van der Waals surface area contributed by atoms with E-state index in [1.54, 1.807) is 0 Å². The molecule has 1 amide bonds. The van der Waals surface area contributed by atoms with E-state index in [4.69, 9.17) is 10.5 Å². The molecule has 106 valence electrons. The van der Waals surface area contributed by atoms with Crippen LogP contribution in [0.2, 0.25) is 0 Å². The van der Waals surface area contributed by atoms with Crippen molar-refractivity contribution in [3.63, 3.8) is 0 Å². The van der Waals surface area contributed by atoms with E-state index in [1.165, 1.54) is 4.90 Å². The van der Waals surface area contributed by atoms with Gasteiger partial charge in [-0.15, -0.1) is 0 Å². The van der Waals surface area contributed by atoms with Gasteiger partial charge in [0.25, 0.3) is 0 Å². The number of β-amino-alcohol motifs (C(OH)–C–C–N with tert-alkyl or cyclic N) is 1.